The summed E-state index contributed by atoms with van der Waals surface area (Å²) in [6.45, 7) is -0.437. The van der Waals surface area contributed by atoms with Gasteiger partial charge in [0, 0.05) is 17.8 Å². The number of hydrogen-bond acceptors (Lipinski definition) is 6. The lowest BCUT2D eigenvalue weighted by Crippen LogP contribution is -2.26. The second-order valence-corrected chi connectivity index (χ2v) is 9.59. The summed E-state index contributed by atoms with van der Waals surface area (Å²) in [6, 6.07) is 5.33. The van der Waals surface area contributed by atoms with Crippen LogP contribution in [0.15, 0.2) is 41.6 Å². The highest BCUT2D eigenvalue weighted by Crippen LogP contribution is 2.36. The number of imidazole rings is 1. The fourth-order valence-corrected chi connectivity index (χ4v) is 4.66. The Kier molecular flexibility index (Phi) is 5.85. The Morgan fingerprint density at radius 3 is 2.40 bits per heavy atom. The maximum atomic E-state index is 13.0. The van der Waals surface area contributed by atoms with Gasteiger partial charge >= 0.3 is 12.5 Å². The van der Waals surface area contributed by atoms with Gasteiger partial charge in [0.2, 0.25) is 0 Å². The van der Waals surface area contributed by atoms with Crippen LogP contribution in [0.1, 0.15) is 22.8 Å². The van der Waals surface area contributed by atoms with Crippen LogP contribution in [0, 0.1) is 0 Å². The van der Waals surface area contributed by atoms with E-state index in [0.717, 1.165) is 39.8 Å². The predicted molar refractivity (Wildman–Crippen MR) is 108 cm³/mol. The Morgan fingerprint density at radius 1 is 1.06 bits per heavy atom. The first-order chi connectivity index (χ1) is 16.2. The van der Waals surface area contributed by atoms with E-state index < -0.39 is 51.4 Å². The Balaban J connectivity index is 1.77. The number of amides is 1. The summed E-state index contributed by atoms with van der Waals surface area (Å²) in [6.07, 6.45) is -8.44. The van der Waals surface area contributed by atoms with Gasteiger partial charge in [-0.25, -0.2) is 13.4 Å². The van der Waals surface area contributed by atoms with Crippen molar-refractivity contribution in [2.75, 3.05) is 17.3 Å². The van der Waals surface area contributed by atoms with Crippen molar-refractivity contribution in [3.8, 4) is 11.5 Å². The lowest BCUT2D eigenvalue weighted by atomic mass is 10.1. The molecule has 1 aromatic carbocycles. The zero-order chi connectivity index (χ0) is 25.8. The zero-order valence-electron chi connectivity index (χ0n) is 17.6. The number of fused-ring (bicyclic) bond motifs is 2. The summed E-state index contributed by atoms with van der Waals surface area (Å²) in [5.41, 5.74) is 0.0463. The van der Waals surface area contributed by atoms with Crippen LogP contribution >= 0.6 is 0 Å². The average Bonchev–Trinajstić information content (AvgIpc) is 3.28. The SMILES string of the molecule is CCS(=O)(=O)c1c(N2Cc3ccc(OC(F)(F)F)cc3C2=O)nc2cc(OCC(F)(F)F)ccn12. The second kappa shape index (κ2) is 8.32. The molecule has 1 amide bonds. The molecule has 15 heteroatoms. The van der Waals surface area contributed by atoms with Crippen molar-refractivity contribution in [1.29, 1.82) is 0 Å². The van der Waals surface area contributed by atoms with E-state index in [4.69, 9.17) is 0 Å². The van der Waals surface area contributed by atoms with E-state index in [9.17, 15) is 39.6 Å². The number of alkyl halides is 6. The van der Waals surface area contributed by atoms with Gasteiger partial charge < -0.3 is 9.47 Å². The van der Waals surface area contributed by atoms with E-state index in [1.165, 1.54) is 13.0 Å². The maximum Gasteiger partial charge on any atom is 0.573 e. The fraction of sp³-hybridized carbons (Fsp3) is 0.300. The molecule has 0 unspecified atom stereocenters. The molecule has 0 radical (unpaired) electrons. The lowest BCUT2D eigenvalue weighted by Gasteiger charge is -2.14. The molecule has 1 aliphatic heterocycles. The summed E-state index contributed by atoms with van der Waals surface area (Å²) in [5, 5.41) is -0.398. The van der Waals surface area contributed by atoms with E-state index in [0.29, 0.717) is 5.56 Å². The van der Waals surface area contributed by atoms with Crippen LogP contribution in [-0.2, 0) is 16.4 Å². The van der Waals surface area contributed by atoms with Crippen molar-refractivity contribution in [2.24, 2.45) is 0 Å². The number of aromatic nitrogens is 2. The van der Waals surface area contributed by atoms with Crippen LogP contribution in [-0.4, -0.2) is 48.6 Å². The highest BCUT2D eigenvalue weighted by atomic mass is 32.2. The van der Waals surface area contributed by atoms with Crippen molar-refractivity contribution in [1.82, 2.24) is 9.38 Å². The molecule has 3 heterocycles. The normalized spacial score (nSPS) is 14.5. The van der Waals surface area contributed by atoms with Crippen LogP contribution in [0.3, 0.4) is 0 Å². The van der Waals surface area contributed by atoms with Crippen LogP contribution in [0.4, 0.5) is 32.2 Å². The van der Waals surface area contributed by atoms with Gasteiger partial charge in [0.1, 0.15) is 17.1 Å². The van der Waals surface area contributed by atoms with Crippen molar-refractivity contribution in [2.45, 2.75) is 31.0 Å². The molecule has 1 aliphatic rings. The third-order valence-electron chi connectivity index (χ3n) is 4.99. The minimum absolute atomic E-state index is 0.114. The Hall–Kier alpha value is -3.49. The molecule has 0 bridgehead atoms. The van der Waals surface area contributed by atoms with Gasteiger partial charge in [-0.1, -0.05) is 13.0 Å². The topological polar surface area (TPSA) is 90.2 Å². The fourth-order valence-electron chi connectivity index (χ4n) is 3.50. The number of pyridine rings is 1. The smallest absolute Gasteiger partial charge is 0.484 e. The third-order valence-corrected chi connectivity index (χ3v) is 6.72. The van der Waals surface area contributed by atoms with Gasteiger partial charge in [-0.2, -0.15) is 13.2 Å². The van der Waals surface area contributed by atoms with E-state index in [2.05, 4.69) is 14.5 Å². The number of carbonyl (C=O) groups is 1. The summed E-state index contributed by atoms with van der Waals surface area (Å²) in [5.74, 6) is -2.40. The summed E-state index contributed by atoms with van der Waals surface area (Å²) >= 11 is 0. The number of nitrogens with zero attached hydrogens (tertiary/aromatic N) is 3. The van der Waals surface area contributed by atoms with Crippen molar-refractivity contribution >= 4 is 27.2 Å². The number of carbonyl (C=O) groups excluding carboxylic acids is 1. The van der Waals surface area contributed by atoms with Crippen LogP contribution in [0.25, 0.3) is 5.65 Å². The number of hydrogen-bond donors (Lipinski definition) is 0. The molecular weight excluding hydrogens is 508 g/mol. The number of anilines is 1. The number of sulfone groups is 1. The minimum atomic E-state index is -4.98. The maximum absolute atomic E-state index is 13.0. The van der Waals surface area contributed by atoms with Gasteiger partial charge in [-0.15, -0.1) is 13.2 Å². The quantitative estimate of drug-likeness (QED) is 0.452. The number of halogens is 6. The van der Waals surface area contributed by atoms with Gasteiger partial charge in [0.05, 0.1) is 12.3 Å². The molecule has 0 saturated carbocycles. The van der Waals surface area contributed by atoms with E-state index in [1.807, 2.05) is 0 Å². The average molecular weight is 523 g/mol. The first-order valence-electron chi connectivity index (χ1n) is 9.83. The molecule has 0 saturated heterocycles. The highest BCUT2D eigenvalue weighted by molar-refractivity contribution is 7.91. The molecule has 4 rings (SSSR count). The number of rotatable bonds is 6. The highest BCUT2D eigenvalue weighted by Gasteiger charge is 2.37. The first kappa shape index (κ1) is 24.6. The molecule has 0 atom stereocenters. The van der Waals surface area contributed by atoms with Gasteiger partial charge in [0.15, 0.2) is 27.3 Å². The predicted octanol–water partition coefficient (Wildman–Crippen LogP) is 4.13. The van der Waals surface area contributed by atoms with Crippen LogP contribution < -0.4 is 14.4 Å². The molecule has 2 aromatic heterocycles. The molecule has 35 heavy (non-hydrogen) atoms. The minimum Gasteiger partial charge on any atom is -0.484 e. The molecule has 3 aromatic rings. The number of benzene rings is 1. The van der Waals surface area contributed by atoms with Crippen molar-refractivity contribution in [3.63, 3.8) is 0 Å². The summed E-state index contributed by atoms with van der Waals surface area (Å²) < 4.78 is 110. The van der Waals surface area contributed by atoms with E-state index in [-0.39, 0.29) is 29.3 Å². The summed E-state index contributed by atoms with van der Waals surface area (Å²) in [4.78, 5) is 18.1. The van der Waals surface area contributed by atoms with E-state index >= 15 is 0 Å². The van der Waals surface area contributed by atoms with Gasteiger partial charge in [-0.05, 0) is 23.8 Å². The van der Waals surface area contributed by atoms with Gasteiger partial charge in [0.25, 0.3) is 5.91 Å². The molecular formula is C20H15F6N3O5S. The second-order valence-electron chi connectivity index (χ2n) is 7.40. The molecule has 188 valence electrons. The number of ether oxygens (including phenoxy) is 2. The molecule has 0 spiro atoms. The lowest BCUT2D eigenvalue weighted by molar-refractivity contribution is -0.274. The van der Waals surface area contributed by atoms with Crippen LogP contribution in [0.5, 0.6) is 11.5 Å². The zero-order valence-corrected chi connectivity index (χ0v) is 18.5. The largest absolute Gasteiger partial charge is 0.573 e. The van der Waals surface area contributed by atoms with Crippen LogP contribution in [0.2, 0.25) is 0 Å². The Morgan fingerprint density at radius 2 is 1.77 bits per heavy atom. The first-order valence-corrected chi connectivity index (χ1v) is 11.5. The summed E-state index contributed by atoms with van der Waals surface area (Å²) in [7, 11) is -4.03. The van der Waals surface area contributed by atoms with Gasteiger partial charge in [-0.3, -0.25) is 14.1 Å². The Labute approximate surface area is 193 Å². The standard InChI is InChI=1S/C20H15F6N3O5S/c1-2-35(31,32)18-16(27-15-8-12(5-6-28(15)18)33-10-19(21,22)23)29-9-11-3-4-13(34-20(24,25)26)7-14(11)17(29)30/h3-8H,2,9-10H2,1H3. The molecule has 0 N–H and O–H groups in total. The monoisotopic (exact) mass is 523 g/mol. The molecule has 0 fully saturated rings. The van der Waals surface area contributed by atoms with Crippen molar-refractivity contribution in [3.05, 3.63) is 47.7 Å². The third kappa shape index (κ3) is 4.99. The molecule has 8 nitrogen and oxygen atoms in total. The Bertz CT molecular complexity index is 1420. The van der Waals surface area contributed by atoms with E-state index in [1.54, 1.807) is 0 Å². The van der Waals surface area contributed by atoms with Crippen molar-refractivity contribution < 1.29 is 49.0 Å². The molecule has 0 aliphatic carbocycles.